The lowest BCUT2D eigenvalue weighted by atomic mass is 10.1. The maximum Gasteiger partial charge on any atom is 0.335 e. The van der Waals surface area contributed by atoms with Crippen molar-refractivity contribution in [3.05, 3.63) is 48.3 Å². The number of rotatable bonds is 4. The molecule has 0 radical (unpaired) electrons. The van der Waals surface area contributed by atoms with E-state index < -0.39 is 5.97 Å². The Labute approximate surface area is 128 Å². The number of hydrogen-bond donors (Lipinski definition) is 2. The molecule has 1 aromatic carbocycles. The number of aromatic nitrogens is 2. The van der Waals surface area contributed by atoms with Crippen molar-refractivity contribution in [2.75, 3.05) is 16.8 Å². The Kier molecular flexibility index (Phi) is 4.18. The van der Waals surface area contributed by atoms with Crippen LogP contribution in [0, 0.1) is 0 Å². The third kappa shape index (κ3) is 3.16. The number of carbonyl (C=O) groups is 1. The van der Waals surface area contributed by atoms with Gasteiger partial charge in [0.1, 0.15) is 6.17 Å². The number of hydrogen-bond acceptors (Lipinski definition) is 5. The van der Waals surface area contributed by atoms with E-state index in [0.29, 0.717) is 11.5 Å². The van der Waals surface area contributed by atoms with Crippen LogP contribution in [0.2, 0.25) is 0 Å². The van der Waals surface area contributed by atoms with Crippen LogP contribution in [0.1, 0.15) is 29.6 Å². The second-order valence-electron chi connectivity index (χ2n) is 5.27. The maximum atomic E-state index is 11.0. The highest BCUT2D eigenvalue weighted by molar-refractivity contribution is 5.88. The number of carboxylic acid groups (broad SMARTS) is 1. The minimum atomic E-state index is -0.905. The molecular formula is C16H18N4O2. The van der Waals surface area contributed by atoms with Gasteiger partial charge in [0, 0.05) is 24.6 Å². The van der Waals surface area contributed by atoms with Crippen LogP contribution in [-0.2, 0) is 0 Å². The standard InChI is InChI=1S/C16H18N4O2/c21-15(22)12-5-7-13(8-6-12)20-11-2-1-4-14(20)19-16-17-9-3-10-18-16/h3,5-10,14H,1-2,4,11H2,(H,21,22)(H,17,18,19). The molecule has 1 atom stereocenters. The van der Waals surface area contributed by atoms with E-state index in [1.54, 1.807) is 30.6 Å². The molecule has 1 aliphatic heterocycles. The van der Waals surface area contributed by atoms with Crippen molar-refractivity contribution in [1.82, 2.24) is 9.97 Å². The minimum Gasteiger partial charge on any atom is -0.478 e. The lowest BCUT2D eigenvalue weighted by Gasteiger charge is -2.37. The minimum absolute atomic E-state index is 0.117. The number of nitrogens with zero attached hydrogens (tertiary/aromatic N) is 3. The third-order valence-electron chi connectivity index (χ3n) is 3.81. The van der Waals surface area contributed by atoms with Crippen molar-refractivity contribution >= 4 is 17.6 Å². The van der Waals surface area contributed by atoms with Crippen LogP contribution in [0.15, 0.2) is 42.7 Å². The van der Waals surface area contributed by atoms with Gasteiger partial charge in [-0.2, -0.15) is 0 Å². The van der Waals surface area contributed by atoms with Gasteiger partial charge in [-0.15, -0.1) is 0 Å². The van der Waals surface area contributed by atoms with Crippen LogP contribution in [-0.4, -0.2) is 33.8 Å². The number of carboxylic acids is 1. The van der Waals surface area contributed by atoms with Gasteiger partial charge >= 0.3 is 5.97 Å². The highest BCUT2D eigenvalue weighted by Gasteiger charge is 2.23. The van der Waals surface area contributed by atoms with E-state index in [-0.39, 0.29) is 6.17 Å². The second kappa shape index (κ2) is 6.43. The highest BCUT2D eigenvalue weighted by atomic mass is 16.4. The molecule has 0 amide bonds. The van der Waals surface area contributed by atoms with Crippen LogP contribution in [0.5, 0.6) is 0 Å². The molecule has 2 heterocycles. The quantitative estimate of drug-likeness (QED) is 0.903. The summed E-state index contributed by atoms with van der Waals surface area (Å²) in [6, 6.07) is 8.78. The summed E-state index contributed by atoms with van der Waals surface area (Å²) in [6.07, 6.45) is 6.81. The summed E-state index contributed by atoms with van der Waals surface area (Å²) in [5, 5.41) is 12.3. The van der Waals surface area contributed by atoms with Crippen molar-refractivity contribution in [2.45, 2.75) is 25.4 Å². The Morgan fingerprint density at radius 3 is 2.59 bits per heavy atom. The molecule has 1 saturated heterocycles. The van der Waals surface area contributed by atoms with Crippen LogP contribution >= 0.6 is 0 Å². The summed E-state index contributed by atoms with van der Waals surface area (Å²) in [4.78, 5) is 21.6. The van der Waals surface area contributed by atoms with Gasteiger partial charge in [-0.05, 0) is 49.6 Å². The Bertz CT molecular complexity index is 630. The van der Waals surface area contributed by atoms with Crippen molar-refractivity contribution in [2.24, 2.45) is 0 Å². The number of piperidine rings is 1. The van der Waals surface area contributed by atoms with Gasteiger partial charge in [0.25, 0.3) is 0 Å². The summed E-state index contributed by atoms with van der Waals surface area (Å²) in [6.45, 7) is 0.927. The molecule has 1 aromatic heterocycles. The molecule has 2 N–H and O–H groups in total. The number of benzene rings is 1. The number of nitrogens with one attached hydrogen (secondary N) is 1. The largest absolute Gasteiger partial charge is 0.478 e. The maximum absolute atomic E-state index is 11.0. The first-order valence-corrected chi connectivity index (χ1v) is 7.37. The van der Waals surface area contributed by atoms with Crippen molar-refractivity contribution in [1.29, 1.82) is 0 Å². The van der Waals surface area contributed by atoms with Gasteiger partial charge in [0.05, 0.1) is 5.56 Å². The van der Waals surface area contributed by atoms with Crippen LogP contribution in [0.3, 0.4) is 0 Å². The van der Waals surface area contributed by atoms with Crippen LogP contribution in [0.4, 0.5) is 11.6 Å². The first kappa shape index (κ1) is 14.3. The van der Waals surface area contributed by atoms with E-state index in [0.717, 1.165) is 31.5 Å². The molecule has 1 aliphatic rings. The topological polar surface area (TPSA) is 78.4 Å². The third-order valence-corrected chi connectivity index (χ3v) is 3.81. The van der Waals surface area contributed by atoms with E-state index in [9.17, 15) is 4.79 Å². The summed E-state index contributed by atoms with van der Waals surface area (Å²) in [5.74, 6) is -0.292. The zero-order valence-corrected chi connectivity index (χ0v) is 12.1. The summed E-state index contributed by atoms with van der Waals surface area (Å²) >= 11 is 0. The zero-order valence-electron chi connectivity index (χ0n) is 12.1. The molecule has 6 nitrogen and oxygen atoms in total. The lowest BCUT2D eigenvalue weighted by molar-refractivity contribution is 0.0697. The number of anilines is 2. The normalized spacial score (nSPS) is 18.0. The van der Waals surface area contributed by atoms with E-state index >= 15 is 0 Å². The molecule has 114 valence electrons. The lowest BCUT2D eigenvalue weighted by Crippen LogP contribution is -2.45. The fourth-order valence-electron chi connectivity index (χ4n) is 2.71. The average Bonchev–Trinajstić information content (AvgIpc) is 2.56. The van der Waals surface area contributed by atoms with Gasteiger partial charge in [-0.3, -0.25) is 0 Å². The Hall–Kier alpha value is -2.63. The fourth-order valence-corrected chi connectivity index (χ4v) is 2.71. The number of aromatic carboxylic acids is 1. The Morgan fingerprint density at radius 2 is 1.91 bits per heavy atom. The van der Waals surface area contributed by atoms with Crippen LogP contribution < -0.4 is 10.2 Å². The average molecular weight is 298 g/mol. The molecule has 6 heteroatoms. The van der Waals surface area contributed by atoms with Crippen LogP contribution in [0.25, 0.3) is 0 Å². The van der Waals surface area contributed by atoms with Crippen molar-refractivity contribution in [3.8, 4) is 0 Å². The predicted octanol–water partition coefficient (Wildman–Crippen LogP) is 2.60. The molecule has 0 aliphatic carbocycles. The van der Waals surface area contributed by atoms with E-state index in [2.05, 4.69) is 20.2 Å². The highest BCUT2D eigenvalue weighted by Crippen LogP contribution is 2.25. The SMILES string of the molecule is O=C(O)c1ccc(N2CCCCC2Nc2ncccn2)cc1. The van der Waals surface area contributed by atoms with Gasteiger partial charge in [0.15, 0.2) is 0 Å². The molecule has 0 spiro atoms. The monoisotopic (exact) mass is 298 g/mol. The molecule has 0 saturated carbocycles. The van der Waals surface area contributed by atoms with Gasteiger partial charge in [-0.25, -0.2) is 14.8 Å². The molecular weight excluding hydrogens is 280 g/mol. The van der Waals surface area contributed by atoms with Crippen molar-refractivity contribution < 1.29 is 9.90 Å². The van der Waals surface area contributed by atoms with Gasteiger partial charge in [0.2, 0.25) is 5.95 Å². The molecule has 22 heavy (non-hydrogen) atoms. The second-order valence-corrected chi connectivity index (χ2v) is 5.27. The first-order chi connectivity index (χ1) is 10.7. The fraction of sp³-hybridized carbons (Fsp3) is 0.312. The Morgan fingerprint density at radius 1 is 1.18 bits per heavy atom. The molecule has 2 aromatic rings. The van der Waals surface area contributed by atoms with E-state index in [1.807, 2.05) is 12.1 Å². The smallest absolute Gasteiger partial charge is 0.335 e. The van der Waals surface area contributed by atoms with Gasteiger partial charge < -0.3 is 15.3 Å². The summed E-state index contributed by atoms with van der Waals surface area (Å²) in [7, 11) is 0. The predicted molar refractivity (Wildman–Crippen MR) is 84.0 cm³/mol. The summed E-state index contributed by atoms with van der Waals surface area (Å²) in [5.41, 5.74) is 1.31. The molecule has 1 fully saturated rings. The van der Waals surface area contributed by atoms with E-state index in [1.165, 1.54) is 0 Å². The summed E-state index contributed by atoms with van der Waals surface area (Å²) < 4.78 is 0. The van der Waals surface area contributed by atoms with Gasteiger partial charge in [-0.1, -0.05) is 0 Å². The molecule has 1 unspecified atom stereocenters. The first-order valence-electron chi connectivity index (χ1n) is 7.37. The molecule has 0 bridgehead atoms. The molecule has 3 rings (SSSR count). The Balaban J connectivity index is 1.78. The zero-order chi connectivity index (χ0) is 15.4. The van der Waals surface area contributed by atoms with Crippen molar-refractivity contribution in [3.63, 3.8) is 0 Å². The van der Waals surface area contributed by atoms with E-state index in [4.69, 9.17) is 5.11 Å².